The van der Waals surface area contributed by atoms with E-state index in [4.69, 9.17) is 9.47 Å². The number of allylic oxidation sites excluding steroid dienone is 2. The molecule has 4 rings (SSSR count). The first-order chi connectivity index (χ1) is 24.4. The number of amides is 3. The zero-order valence-electron chi connectivity index (χ0n) is 28.6. The van der Waals surface area contributed by atoms with E-state index in [9.17, 15) is 24.3 Å². The number of aliphatic hydroxyl groups excluding tert-OH is 1. The molecule has 0 unspecified atom stereocenters. The molecule has 3 N–H and O–H groups in total. The maximum absolute atomic E-state index is 13.7. The second-order valence-corrected chi connectivity index (χ2v) is 12.6. The number of nitrogens with one attached hydrogen (secondary N) is 2. The third-order valence-electron chi connectivity index (χ3n) is 8.63. The lowest BCUT2D eigenvalue weighted by atomic mass is 9.94. The standard InChI is InChI=1S/C40H49N3O7/c44-25-24-43(28-32-16-6-2-7-17-32)37(45)27-34-20-10-11-21-35(26-31-14-4-1-5-15-31)39(47)49-30-36(42-38(34)46)22-12-13-23-41-40(48)50-29-33-18-8-3-9-19-33/h1-11,14-19,34-36,44H,12-13,20-30H2,(H,41,48)(H,42,46)/t34-,35-,36+/m1/s1. The third kappa shape index (κ3) is 13.5. The number of alkyl carbamates (subject to hydrolysis) is 1. The molecular weight excluding hydrogens is 634 g/mol. The molecular formula is C40H49N3O7. The van der Waals surface area contributed by atoms with E-state index in [0.29, 0.717) is 51.6 Å². The van der Waals surface area contributed by atoms with Crippen molar-refractivity contribution >= 4 is 23.9 Å². The van der Waals surface area contributed by atoms with E-state index in [-0.39, 0.29) is 50.6 Å². The number of hydrogen-bond acceptors (Lipinski definition) is 7. The minimum Gasteiger partial charge on any atom is -0.463 e. The molecule has 3 atom stereocenters. The number of ether oxygens (including phenoxy) is 2. The minimum absolute atomic E-state index is 0.00255. The van der Waals surface area contributed by atoms with Crippen LogP contribution >= 0.6 is 0 Å². The molecule has 0 spiro atoms. The number of carbonyl (C=O) groups is 4. The van der Waals surface area contributed by atoms with E-state index < -0.39 is 24.0 Å². The molecule has 1 heterocycles. The Balaban J connectivity index is 1.39. The zero-order chi connectivity index (χ0) is 35.4. The predicted octanol–water partition coefficient (Wildman–Crippen LogP) is 5.35. The molecule has 0 radical (unpaired) electrons. The van der Waals surface area contributed by atoms with Crippen molar-refractivity contribution in [2.75, 3.05) is 26.3 Å². The molecule has 1 aliphatic rings. The van der Waals surface area contributed by atoms with Gasteiger partial charge in [-0.3, -0.25) is 14.4 Å². The molecule has 0 fully saturated rings. The van der Waals surface area contributed by atoms with Gasteiger partial charge in [0.2, 0.25) is 11.8 Å². The minimum atomic E-state index is -0.651. The molecule has 3 aromatic rings. The zero-order valence-corrected chi connectivity index (χ0v) is 28.6. The lowest BCUT2D eigenvalue weighted by Gasteiger charge is -2.26. The summed E-state index contributed by atoms with van der Waals surface area (Å²) in [5.41, 5.74) is 2.86. The molecule has 3 amide bonds. The Labute approximate surface area is 294 Å². The molecule has 266 valence electrons. The highest BCUT2D eigenvalue weighted by molar-refractivity contribution is 5.86. The molecule has 1 aliphatic heterocycles. The Bertz CT molecular complexity index is 1500. The van der Waals surface area contributed by atoms with Gasteiger partial charge in [-0.1, -0.05) is 103 Å². The molecule has 0 saturated heterocycles. The van der Waals surface area contributed by atoms with E-state index in [1.165, 1.54) is 0 Å². The molecule has 0 saturated carbocycles. The Morgan fingerprint density at radius 2 is 1.46 bits per heavy atom. The van der Waals surface area contributed by atoms with E-state index in [1.807, 2.05) is 103 Å². The van der Waals surface area contributed by atoms with Gasteiger partial charge in [0.05, 0.1) is 24.5 Å². The second-order valence-electron chi connectivity index (χ2n) is 12.6. The van der Waals surface area contributed by atoms with Crippen LogP contribution in [-0.4, -0.2) is 66.2 Å². The summed E-state index contributed by atoms with van der Waals surface area (Å²) in [6.07, 6.45) is 6.28. The lowest BCUT2D eigenvalue weighted by Crippen LogP contribution is -2.44. The van der Waals surface area contributed by atoms with Crippen molar-refractivity contribution in [2.24, 2.45) is 11.8 Å². The lowest BCUT2D eigenvalue weighted by molar-refractivity contribution is -0.150. The molecule has 3 aromatic carbocycles. The average molecular weight is 684 g/mol. The van der Waals surface area contributed by atoms with Crippen molar-refractivity contribution in [1.29, 1.82) is 0 Å². The Morgan fingerprint density at radius 3 is 2.12 bits per heavy atom. The van der Waals surface area contributed by atoms with Crippen LogP contribution in [0.4, 0.5) is 4.79 Å². The first-order valence-electron chi connectivity index (χ1n) is 17.4. The van der Waals surface area contributed by atoms with Gasteiger partial charge < -0.3 is 30.1 Å². The summed E-state index contributed by atoms with van der Waals surface area (Å²) in [7, 11) is 0. The van der Waals surface area contributed by atoms with Crippen LogP contribution in [0.25, 0.3) is 0 Å². The van der Waals surface area contributed by atoms with E-state index in [0.717, 1.165) is 16.7 Å². The van der Waals surface area contributed by atoms with Gasteiger partial charge in [0, 0.05) is 26.1 Å². The fraction of sp³-hybridized carbons (Fsp3) is 0.400. The first-order valence-corrected chi connectivity index (χ1v) is 17.4. The van der Waals surface area contributed by atoms with Crippen LogP contribution in [-0.2, 0) is 43.4 Å². The van der Waals surface area contributed by atoms with Crippen molar-refractivity contribution in [3.63, 3.8) is 0 Å². The molecule has 0 aliphatic carbocycles. The molecule has 50 heavy (non-hydrogen) atoms. The summed E-state index contributed by atoms with van der Waals surface area (Å²) in [5.74, 6) is -1.90. The normalized spacial score (nSPS) is 18.1. The van der Waals surface area contributed by atoms with Crippen LogP contribution in [0.15, 0.2) is 103 Å². The summed E-state index contributed by atoms with van der Waals surface area (Å²) < 4.78 is 11.1. The number of esters is 1. The molecule has 0 aromatic heterocycles. The first kappa shape index (κ1) is 37.9. The fourth-order valence-electron chi connectivity index (χ4n) is 5.82. The van der Waals surface area contributed by atoms with Gasteiger partial charge in [-0.2, -0.15) is 0 Å². The molecule has 10 heteroatoms. The molecule has 10 nitrogen and oxygen atoms in total. The van der Waals surface area contributed by atoms with E-state index >= 15 is 0 Å². The van der Waals surface area contributed by atoms with Crippen molar-refractivity contribution in [3.8, 4) is 0 Å². The van der Waals surface area contributed by atoms with Gasteiger partial charge in [0.1, 0.15) is 13.2 Å². The van der Waals surface area contributed by atoms with Gasteiger partial charge in [0.25, 0.3) is 0 Å². The van der Waals surface area contributed by atoms with Crippen molar-refractivity contribution in [2.45, 2.75) is 64.1 Å². The summed E-state index contributed by atoms with van der Waals surface area (Å²) in [6.45, 7) is 0.865. The Hall–Kier alpha value is -4.96. The summed E-state index contributed by atoms with van der Waals surface area (Å²) >= 11 is 0. The number of hydrogen-bond donors (Lipinski definition) is 3. The van der Waals surface area contributed by atoms with E-state index in [1.54, 1.807) is 4.90 Å². The van der Waals surface area contributed by atoms with Crippen LogP contribution in [0.5, 0.6) is 0 Å². The van der Waals surface area contributed by atoms with Crippen LogP contribution in [0.2, 0.25) is 0 Å². The van der Waals surface area contributed by atoms with Crippen LogP contribution in [0.1, 0.15) is 55.2 Å². The van der Waals surface area contributed by atoms with Gasteiger partial charge in [0.15, 0.2) is 0 Å². The number of carbonyl (C=O) groups excluding carboxylic acids is 4. The van der Waals surface area contributed by atoms with E-state index in [2.05, 4.69) is 10.6 Å². The summed E-state index contributed by atoms with van der Waals surface area (Å²) in [5, 5.41) is 15.5. The number of benzene rings is 3. The van der Waals surface area contributed by atoms with Gasteiger partial charge in [-0.25, -0.2) is 4.79 Å². The fourth-order valence-corrected chi connectivity index (χ4v) is 5.82. The average Bonchev–Trinajstić information content (AvgIpc) is 3.13. The smallest absolute Gasteiger partial charge is 0.407 e. The van der Waals surface area contributed by atoms with Crippen LogP contribution in [0, 0.1) is 11.8 Å². The largest absolute Gasteiger partial charge is 0.463 e. The van der Waals surface area contributed by atoms with Crippen LogP contribution in [0.3, 0.4) is 0 Å². The monoisotopic (exact) mass is 683 g/mol. The van der Waals surface area contributed by atoms with Crippen molar-refractivity contribution < 1.29 is 33.8 Å². The van der Waals surface area contributed by atoms with Gasteiger partial charge in [-0.05, 0) is 55.2 Å². The highest BCUT2D eigenvalue weighted by Crippen LogP contribution is 2.20. The van der Waals surface area contributed by atoms with Crippen molar-refractivity contribution in [1.82, 2.24) is 15.5 Å². The number of aliphatic hydroxyl groups is 1. The third-order valence-corrected chi connectivity index (χ3v) is 8.63. The predicted molar refractivity (Wildman–Crippen MR) is 190 cm³/mol. The highest BCUT2D eigenvalue weighted by atomic mass is 16.5. The number of nitrogens with zero attached hydrogens (tertiary/aromatic N) is 1. The summed E-state index contributed by atoms with van der Waals surface area (Å²) in [6, 6.07) is 28.3. The van der Waals surface area contributed by atoms with Crippen molar-refractivity contribution in [3.05, 3.63) is 120 Å². The maximum Gasteiger partial charge on any atom is 0.407 e. The maximum atomic E-state index is 13.7. The Morgan fingerprint density at radius 1 is 0.840 bits per heavy atom. The molecule has 0 bridgehead atoms. The summed E-state index contributed by atoms with van der Waals surface area (Å²) in [4.78, 5) is 54.2. The van der Waals surface area contributed by atoms with Gasteiger partial charge >= 0.3 is 12.1 Å². The number of unbranched alkanes of at least 4 members (excludes halogenated alkanes) is 1. The van der Waals surface area contributed by atoms with Gasteiger partial charge in [-0.15, -0.1) is 0 Å². The van der Waals surface area contributed by atoms with Crippen LogP contribution < -0.4 is 10.6 Å². The number of cyclic esters (lactones) is 1. The SMILES string of the molecule is O=C(NCCCC[C@H]1COC(=O)[C@@H](Cc2ccccc2)CC=CC[C@H](CC(=O)N(CCO)Cc2ccccc2)C(=O)N1)OCc1ccccc1. The number of rotatable bonds is 15. The second kappa shape index (κ2) is 21.2. The Kier molecular flexibility index (Phi) is 16.0. The quantitative estimate of drug-likeness (QED) is 0.112. The topological polar surface area (TPSA) is 134 Å². The highest BCUT2D eigenvalue weighted by Gasteiger charge is 2.28.